The van der Waals surface area contributed by atoms with Gasteiger partial charge in [0.1, 0.15) is 12.2 Å². The number of carbonyl (C=O) groups is 3. The van der Waals surface area contributed by atoms with Crippen molar-refractivity contribution in [2.45, 2.75) is 51.0 Å². The number of nitrogens with one attached hydrogen (secondary N) is 2. The highest BCUT2D eigenvalue weighted by molar-refractivity contribution is 5.94. The lowest BCUT2D eigenvalue weighted by Crippen LogP contribution is -2.44. The van der Waals surface area contributed by atoms with Crippen LogP contribution in [0.1, 0.15) is 50.5 Å². The lowest BCUT2D eigenvalue weighted by molar-refractivity contribution is -0.192. The smallest absolute Gasteiger partial charge is 0.475 e. The van der Waals surface area contributed by atoms with Crippen LogP contribution in [0, 0.1) is 0 Å². The largest absolute Gasteiger partial charge is 0.490 e. The van der Waals surface area contributed by atoms with Crippen molar-refractivity contribution >= 4 is 17.8 Å². The number of nitrogens with zero attached hydrogens (tertiary/aromatic N) is 4. The Labute approximate surface area is 288 Å². The SMILES string of the molecule is O=C(NCC(F)(F)F)c1ccc(-n2nnc(C(=O)NC3CCN(Cc4ccccc4)CC3)c2COCc2ccccc2)cc1.O=C(O)C(F)(F)F. The molecule has 1 aliphatic rings. The number of aromatic nitrogens is 3. The topological polar surface area (TPSA) is 139 Å². The minimum atomic E-state index is -5.08. The Bertz CT molecular complexity index is 1730. The van der Waals surface area contributed by atoms with Crippen molar-refractivity contribution in [3.8, 4) is 5.69 Å². The molecule has 2 heterocycles. The number of amides is 2. The Morgan fingerprint density at radius 1 is 0.804 bits per heavy atom. The third-order valence-electron chi connectivity index (χ3n) is 7.57. The summed E-state index contributed by atoms with van der Waals surface area (Å²) in [5.41, 5.74) is 3.26. The Morgan fingerprint density at radius 2 is 1.37 bits per heavy atom. The molecule has 3 aromatic carbocycles. The first-order valence-corrected chi connectivity index (χ1v) is 15.6. The summed E-state index contributed by atoms with van der Waals surface area (Å²) in [6.45, 7) is 1.45. The van der Waals surface area contributed by atoms with E-state index in [0.717, 1.165) is 38.0 Å². The van der Waals surface area contributed by atoms with Crippen LogP contribution in [-0.2, 0) is 29.3 Å². The number of carboxylic acid groups (broad SMARTS) is 1. The van der Waals surface area contributed by atoms with E-state index in [2.05, 4.69) is 32.7 Å². The molecule has 0 atom stereocenters. The zero-order chi connectivity index (χ0) is 37.0. The molecule has 11 nitrogen and oxygen atoms in total. The average molecular weight is 721 g/mol. The zero-order valence-corrected chi connectivity index (χ0v) is 27.0. The maximum Gasteiger partial charge on any atom is 0.490 e. The molecule has 0 radical (unpaired) electrons. The fourth-order valence-corrected chi connectivity index (χ4v) is 5.02. The summed E-state index contributed by atoms with van der Waals surface area (Å²) >= 11 is 0. The van der Waals surface area contributed by atoms with E-state index in [0.29, 0.717) is 18.0 Å². The normalized spacial score (nSPS) is 13.9. The van der Waals surface area contributed by atoms with Crippen LogP contribution in [0.3, 0.4) is 0 Å². The molecule has 1 fully saturated rings. The Kier molecular flexibility index (Phi) is 13.3. The van der Waals surface area contributed by atoms with Gasteiger partial charge in [0, 0.05) is 31.2 Å². The summed E-state index contributed by atoms with van der Waals surface area (Å²) in [6, 6.07) is 25.7. The fourth-order valence-electron chi connectivity index (χ4n) is 5.02. The summed E-state index contributed by atoms with van der Waals surface area (Å²) in [7, 11) is 0. The van der Waals surface area contributed by atoms with Crippen molar-refractivity contribution in [1.29, 1.82) is 0 Å². The molecule has 0 bridgehead atoms. The van der Waals surface area contributed by atoms with Crippen LogP contribution in [0.4, 0.5) is 26.3 Å². The van der Waals surface area contributed by atoms with E-state index in [4.69, 9.17) is 14.6 Å². The highest BCUT2D eigenvalue weighted by atomic mass is 19.4. The minimum Gasteiger partial charge on any atom is -0.475 e. The second-order valence-corrected chi connectivity index (χ2v) is 11.4. The van der Waals surface area contributed by atoms with E-state index in [1.807, 2.05) is 53.8 Å². The van der Waals surface area contributed by atoms with E-state index in [1.165, 1.54) is 34.5 Å². The van der Waals surface area contributed by atoms with Gasteiger partial charge >= 0.3 is 18.3 Å². The molecular weight excluding hydrogens is 686 g/mol. The lowest BCUT2D eigenvalue weighted by atomic mass is 10.0. The van der Waals surface area contributed by atoms with Crippen molar-refractivity contribution in [2.24, 2.45) is 0 Å². The number of carbonyl (C=O) groups excluding carboxylic acids is 2. The molecule has 3 N–H and O–H groups in total. The Hall–Kier alpha value is -5.29. The van der Waals surface area contributed by atoms with Gasteiger partial charge in [0.15, 0.2) is 5.69 Å². The first-order chi connectivity index (χ1) is 24.2. The monoisotopic (exact) mass is 720 g/mol. The summed E-state index contributed by atoms with van der Waals surface area (Å²) in [5.74, 6) is -3.97. The Morgan fingerprint density at radius 3 is 1.92 bits per heavy atom. The maximum atomic E-state index is 13.4. The summed E-state index contributed by atoms with van der Waals surface area (Å²) in [6.07, 6.45) is -8.00. The van der Waals surface area contributed by atoms with Crippen LogP contribution < -0.4 is 10.6 Å². The molecule has 1 aromatic heterocycles. The molecule has 51 heavy (non-hydrogen) atoms. The molecule has 5 rings (SSSR count). The summed E-state index contributed by atoms with van der Waals surface area (Å²) in [5, 5.41) is 20.4. The number of hydrogen-bond acceptors (Lipinski definition) is 7. The Balaban J connectivity index is 0.000000755. The number of piperidine rings is 1. The van der Waals surface area contributed by atoms with Crippen molar-refractivity contribution < 1.29 is 50.6 Å². The van der Waals surface area contributed by atoms with Crippen molar-refractivity contribution in [3.05, 3.63) is 113 Å². The molecule has 0 spiro atoms. The molecule has 1 aliphatic heterocycles. The third-order valence-corrected chi connectivity index (χ3v) is 7.57. The van der Waals surface area contributed by atoms with Gasteiger partial charge < -0.3 is 20.5 Å². The van der Waals surface area contributed by atoms with Crippen molar-refractivity contribution in [2.75, 3.05) is 19.6 Å². The van der Waals surface area contributed by atoms with Crippen LogP contribution in [0.15, 0.2) is 84.9 Å². The van der Waals surface area contributed by atoms with Crippen molar-refractivity contribution in [3.63, 3.8) is 0 Å². The highest BCUT2D eigenvalue weighted by Crippen LogP contribution is 2.19. The van der Waals surface area contributed by atoms with E-state index >= 15 is 0 Å². The molecule has 272 valence electrons. The van der Waals surface area contributed by atoms with Gasteiger partial charge in [-0.2, -0.15) is 26.3 Å². The lowest BCUT2D eigenvalue weighted by Gasteiger charge is -2.32. The number of likely N-dealkylation sites (tertiary alicyclic amines) is 1. The van der Waals surface area contributed by atoms with Crippen molar-refractivity contribution in [1.82, 2.24) is 30.5 Å². The number of alkyl halides is 6. The van der Waals surface area contributed by atoms with Gasteiger partial charge in [0.2, 0.25) is 0 Å². The first-order valence-electron chi connectivity index (χ1n) is 15.6. The van der Waals surface area contributed by atoms with Crippen LogP contribution in [0.25, 0.3) is 5.69 Å². The summed E-state index contributed by atoms with van der Waals surface area (Å²) in [4.78, 5) is 36.9. The molecule has 4 aromatic rings. The van der Waals surface area contributed by atoms with Crippen LogP contribution >= 0.6 is 0 Å². The number of benzene rings is 3. The third kappa shape index (κ3) is 12.2. The van der Waals surface area contributed by atoms with Gasteiger partial charge in [-0.15, -0.1) is 5.10 Å². The number of halogens is 6. The number of aliphatic carboxylic acids is 1. The standard InChI is InChI=1S/C32H33F3N6O3.C2HF3O2/c33-32(34,35)22-36-30(42)25-11-13-27(14-12-25)41-28(21-44-20-24-9-5-2-6-10-24)29(38-39-41)31(43)37-26-15-17-40(18-16-26)19-23-7-3-1-4-8-23;3-2(4,5)1(6)7/h1-14,26H,15-22H2,(H,36,42)(H,37,43);(H,6,7). The zero-order valence-electron chi connectivity index (χ0n) is 27.0. The number of hydrogen-bond donors (Lipinski definition) is 3. The second kappa shape index (κ2) is 17.6. The number of carboxylic acids is 1. The molecular formula is C34H34F6N6O5. The van der Waals surface area contributed by atoms with Gasteiger partial charge in [-0.3, -0.25) is 14.5 Å². The quantitative estimate of drug-likeness (QED) is 0.178. The van der Waals surface area contributed by atoms with Gasteiger partial charge in [0.25, 0.3) is 11.8 Å². The number of rotatable bonds is 11. The maximum absolute atomic E-state index is 13.4. The molecule has 0 unspecified atom stereocenters. The second-order valence-electron chi connectivity index (χ2n) is 11.4. The van der Waals surface area contributed by atoms with E-state index in [-0.39, 0.29) is 29.8 Å². The molecule has 17 heteroatoms. The van der Waals surface area contributed by atoms with Crippen LogP contribution in [0.2, 0.25) is 0 Å². The highest BCUT2D eigenvalue weighted by Gasteiger charge is 2.38. The number of ether oxygens (including phenoxy) is 1. The summed E-state index contributed by atoms with van der Waals surface area (Å²) < 4.78 is 76.6. The average Bonchev–Trinajstić information content (AvgIpc) is 3.52. The van der Waals surface area contributed by atoms with E-state index in [9.17, 15) is 35.9 Å². The predicted octanol–water partition coefficient (Wildman–Crippen LogP) is 5.30. The van der Waals surface area contributed by atoms with E-state index in [1.54, 1.807) is 0 Å². The van der Waals surface area contributed by atoms with E-state index < -0.39 is 30.8 Å². The predicted molar refractivity (Wildman–Crippen MR) is 171 cm³/mol. The van der Waals surface area contributed by atoms with Gasteiger partial charge in [-0.1, -0.05) is 65.9 Å². The molecule has 0 saturated carbocycles. The minimum absolute atomic E-state index is 0.0211. The molecule has 2 amide bonds. The molecule has 1 saturated heterocycles. The van der Waals surface area contributed by atoms with Gasteiger partial charge in [-0.05, 0) is 48.2 Å². The van der Waals surface area contributed by atoms with Gasteiger partial charge in [-0.25, -0.2) is 9.48 Å². The van der Waals surface area contributed by atoms with Crippen LogP contribution in [0.5, 0.6) is 0 Å². The fraction of sp³-hybridized carbons (Fsp3) is 0.324. The van der Waals surface area contributed by atoms with Crippen LogP contribution in [-0.4, -0.2) is 80.8 Å². The first kappa shape index (κ1) is 38.5. The van der Waals surface area contributed by atoms with Gasteiger partial charge in [0.05, 0.1) is 18.9 Å². The molecule has 0 aliphatic carbocycles.